The van der Waals surface area contributed by atoms with Gasteiger partial charge in [-0.25, -0.2) is 0 Å². The van der Waals surface area contributed by atoms with E-state index in [4.69, 9.17) is 4.74 Å². The summed E-state index contributed by atoms with van der Waals surface area (Å²) in [7, 11) is 1.92. The zero-order valence-corrected chi connectivity index (χ0v) is 22.3. The number of benzene rings is 2. The summed E-state index contributed by atoms with van der Waals surface area (Å²) in [6.07, 6.45) is -1.09. The Morgan fingerprint density at radius 2 is 1.95 bits per heavy atom. The summed E-state index contributed by atoms with van der Waals surface area (Å²) in [5.41, 5.74) is 1.18. The van der Waals surface area contributed by atoms with Crippen LogP contribution in [-0.2, 0) is 36.5 Å². The maximum atomic E-state index is 14.2. The van der Waals surface area contributed by atoms with Crippen molar-refractivity contribution in [3.05, 3.63) is 76.4 Å². The van der Waals surface area contributed by atoms with Gasteiger partial charge in [-0.05, 0) is 66.6 Å². The second kappa shape index (κ2) is 9.45. The molecule has 3 aromatic rings. The number of nitrogens with zero attached hydrogens (tertiary/aromatic N) is 5. The predicted octanol–water partition coefficient (Wildman–Crippen LogP) is 4.93. The van der Waals surface area contributed by atoms with Crippen molar-refractivity contribution in [1.82, 2.24) is 19.7 Å². The van der Waals surface area contributed by atoms with Crippen LogP contribution in [0.25, 0.3) is 0 Å². The quantitative estimate of drug-likeness (QED) is 0.460. The van der Waals surface area contributed by atoms with Crippen molar-refractivity contribution in [1.29, 1.82) is 0 Å². The highest BCUT2D eigenvalue weighted by Crippen LogP contribution is 2.52. The Hall–Kier alpha value is -3.24. The third-order valence-electron chi connectivity index (χ3n) is 8.38. The lowest BCUT2D eigenvalue weighted by Crippen LogP contribution is -2.43. The lowest BCUT2D eigenvalue weighted by molar-refractivity contribution is -0.138. The average molecular weight is 540 g/mol. The fraction of sp³-hybridized carbons (Fsp3) is 0.483. The number of amides is 1. The molecule has 0 spiro atoms. The fourth-order valence-corrected chi connectivity index (χ4v) is 6.68. The highest BCUT2D eigenvalue weighted by atomic mass is 19.4. The molecule has 3 heterocycles. The van der Waals surface area contributed by atoms with Crippen LogP contribution in [0.3, 0.4) is 0 Å². The summed E-state index contributed by atoms with van der Waals surface area (Å²) < 4.78 is 50.2. The number of carbonyl (C=O) groups is 1. The number of hydrogen-bond donors (Lipinski definition) is 0. The van der Waals surface area contributed by atoms with Crippen LogP contribution in [0, 0.1) is 5.92 Å². The summed E-state index contributed by atoms with van der Waals surface area (Å²) >= 11 is 0. The minimum atomic E-state index is -4.56. The van der Waals surface area contributed by atoms with E-state index in [1.54, 1.807) is 18.5 Å². The Labute approximate surface area is 225 Å². The first kappa shape index (κ1) is 26.0. The topological polar surface area (TPSA) is 63.5 Å². The van der Waals surface area contributed by atoms with E-state index >= 15 is 0 Å². The zero-order valence-electron chi connectivity index (χ0n) is 22.3. The minimum absolute atomic E-state index is 0.0168. The van der Waals surface area contributed by atoms with Crippen LogP contribution in [-0.4, -0.2) is 51.4 Å². The average Bonchev–Trinajstić information content (AvgIpc) is 3.44. The molecule has 39 heavy (non-hydrogen) atoms. The third-order valence-corrected chi connectivity index (χ3v) is 8.38. The normalized spacial score (nSPS) is 25.6. The standard InChI is InChI=1S/C29H32F3N5O2/c1-18-12-28(13-18,27-34-33-17-35(27)3)21-5-4-6-22(11-21)37-16-24-23(26(37)38)9-20(10-25(24)29(30,31)32)15-36-7-8-39-19(2)14-36/h4-6,9-11,17-19H,7-8,12-16H2,1-3H3. The van der Waals surface area contributed by atoms with Gasteiger partial charge in [-0.1, -0.05) is 19.1 Å². The zero-order chi connectivity index (χ0) is 27.5. The Balaban J connectivity index is 1.34. The molecule has 6 rings (SSSR count). The van der Waals surface area contributed by atoms with Gasteiger partial charge < -0.3 is 14.2 Å². The van der Waals surface area contributed by atoms with E-state index in [1.807, 2.05) is 36.7 Å². The molecule has 0 radical (unpaired) electrons. The summed E-state index contributed by atoms with van der Waals surface area (Å²) in [5, 5.41) is 8.47. The van der Waals surface area contributed by atoms with E-state index in [9.17, 15) is 18.0 Å². The number of anilines is 1. The summed E-state index contributed by atoms with van der Waals surface area (Å²) in [5.74, 6) is 0.958. The van der Waals surface area contributed by atoms with Gasteiger partial charge >= 0.3 is 6.18 Å². The first-order valence-corrected chi connectivity index (χ1v) is 13.4. The molecule has 0 N–H and O–H groups in total. The lowest BCUT2D eigenvalue weighted by Gasteiger charge is -2.46. The molecule has 2 aliphatic heterocycles. The monoisotopic (exact) mass is 539 g/mol. The molecular weight excluding hydrogens is 507 g/mol. The molecule has 7 nitrogen and oxygen atoms in total. The van der Waals surface area contributed by atoms with Crippen LogP contribution in [0.2, 0.25) is 0 Å². The second-order valence-corrected chi connectivity index (χ2v) is 11.4. The largest absolute Gasteiger partial charge is 0.416 e. The molecule has 3 aliphatic rings. The number of carbonyl (C=O) groups excluding carboxylic acids is 1. The lowest BCUT2D eigenvalue weighted by atomic mass is 9.58. The highest BCUT2D eigenvalue weighted by Gasteiger charge is 2.48. The number of fused-ring (bicyclic) bond motifs is 1. The van der Waals surface area contributed by atoms with Gasteiger partial charge in [0.15, 0.2) is 0 Å². The van der Waals surface area contributed by atoms with Gasteiger partial charge in [-0.3, -0.25) is 9.69 Å². The first-order valence-electron chi connectivity index (χ1n) is 13.4. The molecule has 2 aromatic carbocycles. The number of alkyl halides is 3. The van der Waals surface area contributed by atoms with Crippen LogP contribution in [0.5, 0.6) is 0 Å². The van der Waals surface area contributed by atoms with Crippen molar-refractivity contribution >= 4 is 11.6 Å². The van der Waals surface area contributed by atoms with Crippen molar-refractivity contribution in [2.24, 2.45) is 13.0 Å². The minimum Gasteiger partial charge on any atom is -0.376 e. The van der Waals surface area contributed by atoms with Crippen LogP contribution in [0.4, 0.5) is 18.9 Å². The van der Waals surface area contributed by atoms with E-state index in [0.29, 0.717) is 43.4 Å². The summed E-state index contributed by atoms with van der Waals surface area (Å²) in [4.78, 5) is 17.2. The molecule has 10 heteroatoms. The van der Waals surface area contributed by atoms with Crippen LogP contribution < -0.4 is 4.90 Å². The summed E-state index contributed by atoms with van der Waals surface area (Å²) in [6.45, 7) is 6.17. The van der Waals surface area contributed by atoms with Gasteiger partial charge in [0.05, 0.1) is 30.2 Å². The number of hydrogen-bond acceptors (Lipinski definition) is 5. The van der Waals surface area contributed by atoms with E-state index in [0.717, 1.165) is 24.2 Å². The molecule has 1 unspecified atom stereocenters. The van der Waals surface area contributed by atoms with Crippen LogP contribution >= 0.6 is 0 Å². The van der Waals surface area contributed by atoms with Crippen LogP contribution in [0.1, 0.15) is 65.1 Å². The smallest absolute Gasteiger partial charge is 0.376 e. The van der Waals surface area contributed by atoms with Crippen molar-refractivity contribution < 1.29 is 22.7 Å². The number of halogens is 3. The Morgan fingerprint density at radius 1 is 1.15 bits per heavy atom. The van der Waals surface area contributed by atoms with Gasteiger partial charge in [0.25, 0.3) is 5.91 Å². The molecule has 1 amide bonds. The van der Waals surface area contributed by atoms with Crippen molar-refractivity contribution in [2.45, 2.75) is 57.5 Å². The number of aryl methyl sites for hydroxylation is 1. The van der Waals surface area contributed by atoms with Crippen LogP contribution in [0.15, 0.2) is 42.7 Å². The number of aromatic nitrogens is 3. The summed E-state index contributed by atoms with van der Waals surface area (Å²) in [6, 6.07) is 10.5. The molecule has 0 bridgehead atoms. The SMILES string of the molecule is CC1CC(c2cccc(N3Cc4c(cc(CN5CCOC(C)C5)cc4C(F)(F)F)C3=O)c2)(c2nncn2C)C1. The molecule has 1 aromatic heterocycles. The van der Waals surface area contributed by atoms with Crippen molar-refractivity contribution in [3.63, 3.8) is 0 Å². The second-order valence-electron chi connectivity index (χ2n) is 11.4. The Bertz CT molecular complexity index is 1410. The first-order chi connectivity index (χ1) is 18.5. The molecular formula is C29H32F3N5O2. The molecule has 1 aliphatic carbocycles. The maximum absolute atomic E-state index is 14.2. The molecule has 206 valence electrons. The molecule has 1 atom stereocenters. The number of ether oxygens (including phenoxy) is 1. The van der Waals surface area contributed by atoms with Crippen molar-refractivity contribution in [3.8, 4) is 0 Å². The van der Waals surface area contributed by atoms with Gasteiger partial charge in [-0.2, -0.15) is 13.2 Å². The highest BCUT2D eigenvalue weighted by molar-refractivity contribution is 6.10. The van der Waals surface area contributed by atoms with E-state index in [1.165, 1.54) is 11.0 Å². The van der Waals surface area contributed by atoms with E-state index < -0.39 is 17.6 Å². The predicted molar refractivity (Wildman–Crippen MR) is 139 cm³/mol. The molecule has 1 saturated heterocycles. The van der Waals surface area contributed by atoms with Gasteiger partial charge in [-0.15, -0.1) is 10.2 Å². The Kier molecular flexibility index (Phi) is 6.30. The number of morpholine rings is 1. The van der Waals surface area contributed by atoms with Gasteiger partial charge in [0.2, 0.25) is 0 Å². The number of rotatable bonds is 5. The van der Waals surface area contributed by atoms with E-state index in [-0.39, 0.29) is 29.2 Å². The fourth-order valence-electron chi connectivity index (χ4n) is 6.68. The maximum Gasteiger partial charge on any atom is 0.416 e. The van der Waals surface area contributed by atoms with E-state index in [2.05, 4.69) is 22.0 Å². The molecule has 2 fully saturated rings. The van der Waals surface area contributed by atoms with Gasteiger partial charge in [0.1, 0.15) is 12.2 Å². The third kappa shape index (κ3) is 4.53. The Morgan fingerprint density at radius 3 is 2.62 bits per heavy atom. The van der Waals surface area contributed by atoms with Crippen molar-refractivity contribution in [2.75, 3.05) is 24.6 Å². The van der Waals surface area contributed by atoms with Gasteiger partial charge in [0, 0.05) is 37.9 Å². The molecule has 1 saturated carbocycles.